The number of amides is 1. The average molecular weight is 371 g/mol. The van der Waals surface area contributed by atoms with E-state index in [1.807, 2.05) is 13.0 Å². The number of carbonyl (C=O) groups excluding carboxylic acids is 1. The van der Waals surface area contributed by atoms with Gasteiger partial charge in [0, 0.05) is 23.9 Å². The van der Waals surface area contributed by atoms with Crippen molar-refractivity contribution in [3.05, 3.63) is 53.1 Å². The van der Waals surface area contributed by atoms with Crippen molar-refractivity contribution in [1.29, 1.82) is 0 Å². The number of hydrogen-bond acceptors (Lipinski definition) is 8. The zero-order valence-corrected chi connectivity index (χ0v) is 15.0. The molecule has 1 aliphatic rings. The lowest BCUT2D eigenvalue weighted by Crippen LogP contribution is -2.23. The van der Waals surface area contributed by atoms with Gasteiger partial charge in [-0.3, -0.25) is 4.79 Å². The summed E-state index contributed by atoms with van der Waals surface area (Å²) in [6.07, 6.45) is 3.87. The van der Waals surface area contributed by atoms with Crippen LogP contribution in [0.3, 0.4) is 0 Å². The number of rotatable bonds is 7. The molecule has 1 saturated carbocycles. The van der Waals surface area contributed by atoms with Crippen LogP contribution in [0.25, 0.3) is 0 Å². The Kier molecular flexibility index (Phi) is 4.70. The van der Waals surface area contributed by atoms with E-state index in [0.717, 1.165) is 30.1 Å². The summed E-state index contributed by atoms with van der Waals surface area (Å²) in [6, 6.07) is 5.34. The molecular formula is C17H17N5O3S. The van der Waals surface area contributed by atoms with Crippen molar-refractivity contribution in [2.24, 2.45) is 0 Å². The van der Waals surface area contributed by atoms with Gasteiger partial charge in [-0.15, -0.1) is 0 Å². The Bertz CT molecular complexity index is 919. The zero-order chi connectivity index (χ0) is 17.9. The third-order valence-corrected chi connectivity index (χ3v) is 4.91. The lowest BCUT2D eigenvalue weighted by Gasteiger charge is -2.07. The molecule has 0 atom stereocenters. The van der Waals surface area contributed by atoms with Gasteiger partial charge in [0.05, 0.1) is 17.8 Å². The van der Waals surface area contributed by atoms with Gasteiger partial charge in [0.25, 0.3) is 5.91 Å². The van der Waals surface area contributed by atoms with Crippen molar-refractivity contribution >= 4 is 17.7 Å². The summed E-state index contributed by atoms with van der Waals surface area (Å²) in [7, 11) is 0. The van der Waals surface area contributed by atoms with Crippen molar-refractivity contribution in [3.63, 3.8) is 0 Å². The van der Waals surface area contributed by atoms with E-state index in [4.69, 9.17) is 9.05 Å². The highest BCUT2D eigenvalue weighted by molar-refractivity contribution is 7.98. The normalized spacial score (nSPS) is 13.7. The van der Waals surface area contributed by atoms with Gasteiger partial charge < -0.3 is 14.4 Å². The molecule has 0 aliphatic heterocycles. The quantitative estimate of drug-likeness (QED) is 0.632. The molecule has 9 heteroatoms. The highest BCUT2D eigenvalue weighted by Gasteiger charge is 2.28. The fraction of sp³-hybridized carbons (Fsp3) is 0.353. The molecule has 0 radical (unpaired) electrons. The van der Waals surface area contributed by atoms with Crippen LogP contribution in [-0.4, -0.2) is 26.2 Å². The highest BCUT2D eigenvalue weighted by Crippen LogP contribution is 2.38. The Morgan fingerprint density at radius 1 is 1.35 bits per heavy atom. The predicted molar refractivity (Wildman–Crippen MR) is 92.5 cm³/mol. The summed E-state index contributed by atoms with van der Waals surface area (Å²) < 4.78 is 10.2. The van der Waals surface area contributed by atoms with Crippen LogP contribution in [0.2, 0.25) is 0 Å². The molecule has 4 rings (SSSR count). The first kappa shape index (κ1) is 16.8. The fourth-order valence-corrected chi connectivity index (χ4v) is 3.28. The predicted octanol–water partition coefficient (Wildman–Crippen LogP) is 2.86. The summed E-state index contributed by atoms with van der Waals surface area (Å²) in [5.74, 6) is 2.66. The summed E-state index contributed by atoms with van der Waals surface area (Å²) in [5, 5.41) is 11.3. The van der Waals surface area contributed by atoms with Crippen LogP contribution in [0.5, 0.6) is 0 Å². The number of aryl methyl sites for hydroxylation is 1. The number of pyridine rings is 1. The van der Waals surface area contributed by atoms with Crippen LogP contribution in [0.15, 0.2) is 38.5 Å². The minimum Gasteiger partial charge on any atom is -0.361 e. The van der Waals surface area contributed by atoms with Gasteiger partial charge in [-0.2, -0.15) is 4.98 Å². The van der Waals surface area contributed by atoms with E-state index < -0.39 is 0 Å². The van der Waals surface area contributed by atoms with Crippen LogP contribution in [-0.2, 0) is 12.3 Å². The third-order valence-electron chi connectivity index (χ3n) is 3.88. The van der Waals surface area contributed by atoms with Crippen LogP contribution in [0, 0.1) is 6.92 Å². The number of nitrogens with zero attached hydrogens (tertiary/aromatic N) is 4. The molecule has 3 aromatic heterocycles. The van der Waals surface area contributed by atoms with Gasteiger partial charge in [-0.05, 0) is 31.9 Å². The van der Waals surface area contributed by atoms with Crippen LogP contribution in [0.4, 0.5) is 0 Å². The SMILES string of the molecule is Cc1cc(CSc2ncccc2C(=O)NCc2nc(C3CC3)no2)no1. The molecule has 0 aromatic carbocycles. The monoisotopic (exact) mass is 371 g/mol. The van der Waals surface area contributed by atoms with Crippen molar-refractivity contribution in [2.45, 2.75) is 43.0 Å². The molecule has 3 heterocycles. The van der Waals surface area contributed by atoms with E-state index in [-0.39, 0.29) is 12.5 Å². The molecule has 0 unspecified atom stereocenters. The van der Waals surface area contributed by atoms with E-state index in [1.165, 1.54) is 11.8 Å². The van der Waals surface area contributed by atoms with Gasteiger partial charge in [-0.1, -0.05) is 22.1 Å². The van der Waals surface area contributed by atoms with Gasteiger partial charge in [0.1, 0.15) is 10.8 Å². The lowest BCUT2D eigenvalue weighted by atomic mass is 10.2. The van der Waals surface area contributed by atoms with Crippen LogP contribution in [0.1, 0.15) is 52.3 Å². The summed E-state index contributed by atoms with van der Waals surface area (Å²) in [6.45, 7) is 2.03. The molecule has 3 aromatic rings. The van der Waals surface area contributed by atoms with E-state index in [0.29, 0.717) is 28.2 Å². The number of thioether (sulfide) groups is 1. The minimum atomic E-state index is -0.233. The molecule has 1 amide bonds. The third kappa shape index (κ3) is 3.93. The standard InChI is InChI=1S/C17H17N5O3S/c1-10-7-12(21-24-10)9-26-17-13(3-2-6-18-17)16(23)19-8-14-20-15(22-25-14)11-4-5-11/h2-3,6-7,11H,4-5,8-9H2,1H3,(H,19,23). The Labute approximate surface area is 153 Å². The van der Waals surface area contributed by atoms with Crippen molar-refractivity contribution in [1.82, 2.24) is 25.6 Å². The highest BCUT2D eigenvalue weighted by atomic mass is 32.2. The van der Waals surface area contributed by atoms with E-state index in [9.17, 15) is 4.79 Å². The maximum atomic E-state index is 12.5. The molecule has 0 bridgehead atoms. The fourth-order valence-electron chi connectivity index (χ4n) is 2.41. The molecule has 0 spiro atoms. The summed E-state index contributed by atoms with van der Waals surface area (Å²) >= 11 is 1.43. The largest absolute Gasteiger partial charge is 0.361 e. The average Bonchev–Trinajstić information content (AvgIpc) is 3.25. The Hall–Kier alpha value is -2.68. The lowest BCUT2D eigenvalue weighted by molar-refractivity contribution is 0.0942. The summed E-state index contributed by atoms with van der Waals surface area (Å²) in [5.41, 5.74) is 1.31. The summed E-state index contributed by atoms with van der Waals surface area (Å²) in [4.78, 5) is 21.1. The zero-order valence-electron chi connectivity index (χ0n) is 14.1. The minimum absolute atomic E-state index is 0.194. The molecule has 1 fully saturated rings. The van der Waals surface area contributed by atoms with E-state index in [1.54, 1.807) is 18.3 Å². The van der Waals surface area contributed by atoms with Crippen molar-refractivity contribution in [2.75, 3.05) is 0 Å². The molecule has 1 N–H and O–H groups in total. The van der Waals surface area contributed by atoms with Crippen molar-refractivity contribution in [3.8, 4) is 0 Å². The smallest absolute Gasteiger partial charge is 0.254 e. The Morgan fingerprint density at radius 2 is 2.23 bits per heavy atom. The Balaban J connectivity index is 1.38. The molecular weight excluding hydrogens is 354 g/mol. The second-order valence-corrected chi connectivity index (χ2v) is 7.04. The molecule has 26 heavy (non-hydrogen) atoms. The van der Waals surface area contributed by atoms with Gasteiger partial charge >= 0.3 is 0 Å². The van der Waals surface area contributed by atoms with Crippen LogP contribution >= 0.6 is 11.8 Å². The maximum absolute atomic E-state index is 12.5. The number of nitrogens with one attached hydrogen (secondary N) is 1. The first-order valence-corrected chi connectivity index (χ1v) is 9.28. The molecule has 1 aliphatic carbocycles. The van der Waals surface area contributed by atoms with E-state index in [2.05, 4.69) is 25.6 Å². The second kappa shape index (κ2) is 7.28. The Morgan fingerprint density at radius 3 is 3.00 bits per heavy atom. The molecule has 0 saturated heterocycles. The van der Waals surface area contributed by atoms with Gasteiger partial charge in [0.15, 0.2) is 5.82 Å². The van der Waals surface area contributed by atoms with Crippen LogP contribution < -0.4 is 5.32 Å². The maximum Gasteiger partial charge on any atom is 0.254 e. The topological polar surface area (TPSA) is 107 Å². The second-order valence-electron chi connectivity index (χ2n) is 6.08. The number of hydrogen-bond donors (Lipinski definition) is 1. The first-order chi connectivity index (χ1) is 12.7. The molecule has 134 valence electrons. The first-order valence-electron chi connectivity index (χ1n) is 8.30. The number of carbonyl (C=O) groups is 1. The molecule has 8 nitrogen and oxygen atoms in total. The van der Waals surface area contributed by atoms with Gasteiger partial charge in [-0.25, -0.2) is 4.98 Å². The van der Waals surface area contributed by atoms with Crippen molar-refractivity contribution < 1.29 is 13.8 Å². The van der Waals surface area contributed by atoms with E-state index >= 15 is 0 Å². The van der Waals surface area contributed by atoms with Gasteiger partial charge in [0.2, 0.25) is 5.89 Å². The number of aromatic nitrogens is 4.